The molecule has 0 radical (unpaired) electrons. The topological polar surface area (TPSA) is 98.5 Å². The van der Waals surface area contributed by atoms with Crippen molar-refractivity contribution in [1.82, 2.24) is 5.32 Å². The molecule has 0 aromatic heterocycles. The van der Waals surface area contributed by atoms with E-state index in [1.165, 1.54) is 12.1 Å². The number of halogens is 1. The van der Waals surface area contributed by atoms with Crippen molar-refractivity contribution in [3.63, 3.8) is 0 Å². The van der Waals surface area contributed by atoms with E-state index < -0.39 is 16.6 Å². The molecule has 1 atom stereocenters. The van der Waals surface area contributed by atoms with Crippen molar-refractivity contribution in [2.75, 3.05) is 6.61 Å². The Morgan fingerprint density at radius 1 is 1.55 bits per heavy atom. The number of amides is 1. The molecule has 0 spiro atoms. The van der Waals surface area contributed by atoms with E-state index in [4.69, 9.17) is 16.3 Å². The molecule has 20 heavy (non-hydrogen) atoms. The van der Waals surface area contributed by atoms with E-state index in [2.05, 4.69) is 5.32 Å². The van der Waals surface area contributed by atoms with E-state index in [9.17, 15) is 19.7 Å². The van der Waals surface area contributed by atoms with Crippen molar-refractivity contribution < 1.29 is 19.2 Å². The molecule has 1 amide bonds. The van der Waals surface area contributed by atoms with E-state index in [0.717, 1.165) is 6.07 Å². The molecular weight excluding hydrogens is 288 g/mol. The van der Waals surface area contributed by atoms with Crippen molar-refractivity contribution in [3.8, 4) is 0 Å². The van der Waals surface area contributed by atoms with Gasteiger partial charge in [-0.15, -0.1) is 0 Å². The van der Waals surface area contributed by atoms with Gasteiger partial charge in [-0.3, -0.25) is 14.9 Å². The first kappa shape index (κ1) is 14.3. The van der Waals surface area contributed by atoms with Gasteiger partial charge in [0, 0.05) is 17.5 Å². The zero-order valence-corrected chi connectivity index (χ0v) is 11.1. The molecule has 0 saturated carbocycles. The number of benzene rings is 1. The maximum atomic E-state index is 11.8. The summed E-state index contributed by atoms with van der Waals surface area (Å²) in [4.78, 5) is 33.0. The number of carbonyl (C=O) groups excluding carboxylic acids is 2. The summed E-state index contributed by atoms with van der Waals surface area (Å²) in [6.07, 6.45) is 0.970. The van der Waals surface area contributed by atoms with Gasteiger partial charge in [-0.05, 0) is 18.6 Å². The smallest absolute Gasteiger partial charge is 0.345 e. The van der Waals surface area contributed by atoms with E-state index in [1.807, 2.05) is 0 Å². The van der Waals surface area contributed by atoms with Crippen molar-refractivity contribution in [1.29, 1.82) is 0 Å². The molecule has 8 heteroatoms. The average Bonchev–Trinajstić information content (AvgIpc) is 2.81. The van der Waals surface area contributed by atoms with Crippen LogP contribution >= 0.6 is 11.6 Å². The normalized spacial score (nSPS) is 17.6. The first-order valence-corrected chi connectivity index (χ1v) is 6.25. The summed E-state index contributed by atoms with van der Waals surface area (Å²) in [7, 11) is 0. The fourth-order valence-corrected chi connectivity index (χ4v) is 2.05. The molecular formula is C12H11ClN2O5. The van der Waals surface area contributed by atoms with Crippen LogP contribution in [0.2, 0.25) is 5.02 Å². The minimum atomic E-state index is -0.811. The second-order valence-electron chi connectivity index (χ2n) is 4.32. The van der Waals surface area contributed by atoms with Crippen LogP contribution in [0.3, 0.4) is 0 Å². The molecule has 1 unspecified atom stereocenters. The molecule has 2 rings (SSSR count). The molecule has 0 bridgehead atoms. The molecule has 1 heterocycles. The Balaban J connectivity index is 2.05. The fraction of sp³-hybridized carbons (Fsp3) is 0.333. The van der Waals surface area contributed by atoms with Gasteiger partial charge in [0.05, 0.1) is 11.0 Å². The van der Waals surface area contributed by atoms with Gasteiger partial charge in [-0.2, -0.15) is 0 Å². The SMILES string of the molecule is O=C1CCC(COC(=O)c2ccc(Cl)cc2[N+](=O)[O-])N1. The highest BCUT2D eigenvalue weighted by Gasteiger charge is 2.25. The van der Waals surface area contributed by atoms with Gasteiger partial charge in [0.25, 0.3) is 5.69 Å². The van der Waals surface area contributed by atoms with Crippen LogP contribution in [0.25, 0.3) is 0 Å². The number of carbonyl (C=O) groups is 2. The predicted octanol–water partition coefficient (Wildman–Crippen LogP) is 1.68. The second-order valence-corrected chi connectivity index (χ2v) is 4.76. The van der Waals surface area contributed by atoms with Gasteiger partial charge in [0.15, 0.2) is 0 Å². The summed E-state index contributed by atoms with van der Waals surface area (Å²) in [6.45, 7) is -0.00957. The number of rotatable bonds is 4. The number of nitrogens with zero attached hydrogens (tertiary/aromatic N) is 1. The zero-order chi connectivity index (χ0) is 14.7. The molecule has 1 fully saturated rings. The van der Waals surface area contributed by atoms with E-state index >= 15 is 0 Å². The standard InChI is InChI=1S/C12H11ClN2O5/c13-7-1-3-9(10(5-7)15(18)19)12(17)20-6-8-2-4-11(16)14-8/h1,3,5,8H,2,4,6H2,(H,14,16). The van der Waals surface area contributed by atoms with Crippen LogP contribution in [0.5, 0.6) is 0 Å². The Kier molecular flexibility index (Phi) is 4.19. The van der Waals surface area contributed by atoms with Crippen LogP contribution in [0.15, 0.2) is 18.2 Å². The summed E-state index contributed by atoms with van der Waals surface area (Å²) in [5, 5.41) is 13.7. The molecule has 1 aliphatic rings. The molecule has 1 N–H and O–H groups in total. The van der Waals surface area contributed by atoms with Gasteiger partial charge in [-0.25, -0.2) is 4.79 Å². The van der Waals surface area contributed by atoms with Gasteiger partial charge in [0.1, 0.15) is 12.2 Å². The Hall–Kier alpha value is -2.15. The number of nitrogens with one attached hydrogen (secondary N) is 1. The third-order valence-corrected chi connectivity index (χ3v) is 3.11. The van der Waals surface area contributed by atoms with Gasteiger partial charge < -0.3 is 10.1 Å². The van der Waals surface area contributed by atoms with Crippen LogP contribution in [0.4, 0.5) is 5.69 Å². The molecule has 1 saturated heterocycles. The first-order valence-electron chi connectivity index (χ1n) is 5.88. The number of esters is 1. The van der Waals surface area contributed by atoms with Crippen LogP contribution in [-0.4, -0.2) is 29.4 Å². The summed E-state index contributed by atoms with van der Waals surface area (Å²) in [6, 6.07) is 3.48. The Bertz CT molecular complexity index is 575. The summed E-state index contributed by atoms with van der Waals surface area (Å²) in [5.41, 5.74) is -0.568. The van der Waals surface area contributed by atoms with Crippen LogP contribution < -0.4 is 5.32 Å². The summed E-state index contributed by atoms with van der Waals surface area (Å²) < 4.78 is 4.99. The number of hydrogen-bond acceptors (Lipinski definition) is 5. The number of ether oxygens (including phenoxy) is 1. The number of nitro benzene ring substituents is 1. The second kappa shape index (κ2) is 5.87. The molecule has 106 valence electrons. The number of nitro groups is 1. The first-order chi connectivity index (χ1) is 9.47. The highest BCUT2D eigenvalue weighted by molar-refractivity contribution is 6.31. The van der Waals surface area contributed by atoms with Crippen molar-refractivity contribution in [2.24, 2.45) is 0 Å². The van der Waals surface area contributed by atoms with Crippen molar-refractivity contribution in [3.05, 3.63) is 38.9 Å². The van der Waals surface area contributed by atoms with Gasteiger partial charge in [0.2, 0.25) is 5.91 Å². The highest BCUT2D eigenvalue weighted by Crippen LogP contribution is 2.24. The Morgan fingerprint density at radius 3 is 2.90 bits per heavy atom. The summed E-state index contributed by atoms with van der Waals surface area (Å²) >= 11 is 5.66. The molecule has 1 aliphatic heterocycles. The largest absolute Gasteiger partial charge is 0.460 e. The van der Waals surface area contributed by atoms with Crippen molar-refractivity contribution in [2.45, 2.75) is 18.9 Å². The molecule has 0 aliphatic carbocycles. The summed E-state index contributed by atoms with van der Waals surface area (Å²) in [5.74, 6) is -0.905. The maximum absolute atomic E-state index is 11.8. The quantitative estimate of drug-likeness (QED) is 0.518. The average molecular weight is 299 g/mol. The predicted molar refractivity (Wildman–Crippen MR) is 69.6 cm³/mol. The Labute approximate surface area is 119 Å². The Morgan fingerprint density at radius 2 is 2.30 bits per heavy atom. The fourth-order valence-electron chi connectivity index (χ4n) is 1.88. The maximum Gasteiger partial charge on any atom is 0.345 e. The van der Waals surface area contributed by atoms with Crippen LogP contribution in [-0.2, 0) is 9.53 Å². The lowest BCUT2D eigenvalue weighted by atomic mass is 10.2. The molecule has 1 aromatic carbocycles. The number of hydrogen-bond donors (Lipinski definition) is 1. The van der Waals surface area contributed by atoms with E-state index in [0.29, 0.717) is 12.8 Å². The van der Waals surface area contributed by atoms with Crippen LogP contribution in [0.1, 0.15) is 23.2 Å². The lowest BCUT2D eigenvalue weighted by Crippen LogP contribution is -2.30. The minimum absolute atomic E-state index is 0.00957. The van der Waals surface area contributed by atoms with Crippen LogP contribution in [0, 0.1) is 10.1 Å². The zero-order valence-electron chi connectivity index (χ0n) is 10.3. The molecule has 7 nitrogen and oxygen atoms in total. The van der Waals surface area contributed by atoms with E-state index in [1.54, 1.807) is 0 Å². The third kappa shape index (κ3) is 3.24. The minimum Gasteiger partial charge on any atom is -0.460 e. The highest BCUT2D eigenvalue weighted by atomic mass is 35.5. The third-order valence-electron chi connectivity index (χ3n) is 2.88. The van der Waals surface area contributed by atoms with E-state index in [-0.39, 0.29) is 29.1 Å². The lowest BCUT2D eigenvalue weighted by Gasteiger charge is -2.10. The molecule has 1 aromatic rings. The lowest BCUT2D eigenvalue weighted by molar-refractivity contribution is -0.385. The monoisotopic (exact) mass is 298 g/mol. The van der Waals surface area contributed by atoms with Crippen molar-refractivity contribution >= 4 is 29.2 Å². The van der Waals surface area contributed by atoms with Gasteiger partial charge in [-0.1, -0.05) is 11.6 Å². The van der Waals surface area contributed by atoms with Gasteiger partial charge >= 0.3 is 5.97 Å².